The number of carbonyl (C=O) groups is 2. The fourth-order valence-corrected chi connectivity index (χ4v) is 3.14. The Balaban J connectivity index is 1.81. The van der Waals surface area contributed by atoms with Gasteiger partial charge in [0.05, 0.1) is 19.8 Å². The third-order valence-electron chi connectivity index (χ3n) is 4.99. The zero-order chi connectivity index (χ0) is 17.9. The van der Waals surface area contributed by atoms with E-state index < -0.39 is 11.6 Å². The van der Waals surface area contributed by atoms with Gasteiger partial charge in [-0.1, -0.05) is 37.3 Å². The minimum atomic E-state index is -0.630. The summed E-state index contributed by atoms with van der Waals surface area (Å²) >= 11 is 0. The maximum atomic E-state index is 12.5. The molecule has 0 spiro atoms. The fraction of sp³-hybridized carbons (Fsp3) is 0.474. The molecular formula is C19H24N2O4. The first-order chi connectivity index (χ1) is 12.0. The molecule has 2 saturated heterocycles. The fourth-order valence-electron chi connectivity index (χ4n) is 3.14. The van der Waals surface area contributed by atoms with E-state index >= 15 is 0 Å². The van der Waals surface area contributed by atoms with E-state index in [-0.39, 0.29) is 5.91 Å². The normalized spacial score (nSPS) is 25.4. The van der Waals surface area contributed by atoms with E-state index in [2.05, 4.69) is 0 Å². The number of rotatable bonds is 4. The molecule has 1 aromatic carbocycles. The van der Waals surface area contributed by atoms with Gasteiger partial charge in [-0.2, -0.15) is 0 Å². The van der Waals surface area contributed by atoms with Crippen molar-refractivity contribution in [2.24, 2.45) is 0 Å². The molecule has 0 N–H and O–H groups in total. The first-order valence-corrected chi connectivity index (χ1v) is 8.67. The average molecular weight is 344 g/mol. The lowest BCUT2D eigenvalue weighted by Crippen LogP contribution is -2.44. The molecule has 2 amide bonds. The van der Waals surface area contributed by atoms with Gasteiger partial charge in [-0.3, -0.25) is 9.69 Å². The Kier molecular flexibility index (Phi) is 5.08. The van der Waals surface area contributed by atoms with Crippen LogP contribution in [0.4, 0.5) is 4.79 Å². The lowest BCUT2D eigenvalue weighted by Gasteiger charge is -2.32. The first-order valence-electron chi connectivity index (χ1n) is 8.67. The van der Waals surface area contributed by atoms with E-state index in [1.165, 1.54) is 6.08 Å². The second-order valence-electron chi connectivity index (χ2n) is 6.51. The van der Waals surface area contributed by atoms with Crippen LogP contribution in [-0.2, 0) is 20.8 Å². The Hall–Kier alpha value is -2.34. The van der Waals surface area contributed by atoms with Crippen LogP contribution in [0.3, 0.4) is 0 Å². The van der Waals surface area contributed by atoms with Gasteiger partial charge in [0.15, 0.2) is 0 Å². The van der Waals surface area contributed by atoms with Gasteiger partial charge in [-0.25, -0.2) is 4.79 Å². The lowest BCUT2D eigenvalue weighted by atomic mass is 9.94. The summed E-state index contributed by atoms with van der Waals surface area (Å²) in [7, 11) is 0. The third-order valence-corrected chi connectivity index (χ3v) is 4.99. The highest BCUT2D eigenvalue weighted by atomic mass is 16.6. The number of nitrogens with zero attached hydrogens (tertiary/aromatic N) is 2. The molecule has 0 aromatic heterocycles. The summed E-state index contributed by atoms with van der Waals surface area (Å²) in [4.78, 5) is 28.4. The van der Waals surface area contributed by atoms with Crippen LogP contribution in [0.5, 0.6) is 0 Å². The molecule has 25 heavy (non-hydrogen) atoms. The molecule has 134 valence electrons. The average Bonchev–Trinajstić information content (AvgIpc) is 2.88. The van der Waals surface area contributed by atoms with Gasteiger partial charge in [-0.05, 0) is 18.9 Å². The largest absolute Gasteiger partial charge is 0.416 e. The Labute approximate surface area is 148 Å². The van der Waals surface area contributed by atoms with Crippen molar-refractivity contribution in [3.05, 3.63) is 47.7 Å². The van der Waals surface area contributed by atoms with E-state index in [9.17, 15) is 9.59 Å². The van der Waals surface area contributed by atoms with Crippen LogP contribution in [0.25, 0.3) is 0 Å². The minimum absolute atomic E-state index is 0.132. The highest BCUT2D eigenvalue weighted by molar-refractivity contribution is 5.90. The van der Waals surface area contributed by atoms with E-state index in [0.717, 1.165) is 5.56 Å². The predicted octanol–water partition coefficient (Wildman–Crippen LogP) is 2.55. The van der Waals surface area contributed by atoms with Crippen LogP contribution in [0.2, 0.25) is 0 Å². The molecule has 2 heterocycles. The molecular weight excluding hydrogens is 320 g/mol. The number of morpholine rings is 1. The highest BCUT2D eigenvalue weighted by Crippen LogP contribution is 2.37. The maximum Gasteiger partial charge on any atom is 0.416 e. The highest BCUT2D eigenvalue weighted by Gasteiger charge is 2.47. The number of carbonyl (C=O) groups excluding carboxylic acids is 2. The predicted molar refractivity (Wildman–Crippen MR) is 92.6 cm³/mol. The molecule has 1 unspecified atom stereocenters. The summed E-state index contributed by atoms with van der Waals surface area (Å²) in [6, 6.07) is 9.78. The van der Waals surface area contributed by atoms with Gasteiger partial charge in [-0.15, -0.1) is 0 Å². The van der Waals surface area contributed by atoms with Crippen molar-refractivity contribution in [2.75, 3.05) is 26.3 Å². The van der Waals surface area contributed by atoms with Crippen LogP contribution < -0.4 is 0 Å². The van der Waals surface area contributed by atoms with Gasteiger partial charge >= 0.3 is 6.09 Å². The first kappa shape index (κ1) is 17.5. The summed E-state index contributed by atoms with van der Waals surface area (Å²) < 4.78 is 10.8. The van der Waals surface area contributed by atoms with Gasteiger partial charge in [0.2, 0.25) is 5.91 Å². The monoisotopic (exact) mass is 344 g/mol. The van der Waals surface area contributed by atoms with Crippen molar-refractivity contribution in [1.82, 2.24) is 9.80 Å². The maximum absolute atomic E-state index is 12.5. The molecule has 0 aliphatic carbocycles. The Morgan fingerprint density at radius 3 is 2.56 bits per heavy atom. The van der Waals surface area contributed by atoms with Crippen molar-refractivity contribution >= 4 is 12.0 Å². The van der Waals surface area contributed by atoms with E-state index in [4.69, 9.17) is 9.47 Å². The molecule has 2 aliphatic rings. The number of amides is 2. The van der Waals surface area contributed by atoms with Crippen LogP contribution in [-0.4, -0.2) is 53.6 Å². The van der Waals surface area contributed by atoms with Crippen LogP contribution in [0, 0.1) is 0 Å². The van der Waals surface area contributed by atoms with E-state index in [1.807, 2.05) is 44.2 Å². The molecule has 0 bridgehead atoms. The summed E-state index contributed by atoms with van der Waals surface area (Å²) in [5.74, 6) is 0.291. The topological polar surface area (TPSA) is 59.1 Å². The quantitative estimate of drug-likeness (QED) is 0.788. The third kappa shape index (κ3) is 3.54. The summed E-state index contributed by atoms with van der Waals surface area (Å²) in [6.07, 6.45) is 1.72. The standard InChI is InChI=1S/C19H24N2O4/c1-3-19(2)16(13-17(22)20-9-11-24-12-10-20)25-18(23)21(19)14-15-7-5-4-6-8-15/h4-8,13H,3,9-12,14H2,1-2H3/b16-13-. The van der Waals surface area contributed by atoms with Crippen LogP contribution >= 0.6 is 0 Å². The Bertz CT molecular complexity index is 667. The van der Waals surface area contributed by atoms with Gasteiger partial charge in [0.25, 0.3) is 0 Å². The molecule has 3 rings (SSSR count). The number of benzene rings is 1. The minimum Gasteiger partial charge on any atom is -0.412 e. The zero-order valence-corrected chi connectivity index (χ0v) is 14.7. The molecule has 6 heteroatoms. The van der Waals surface area contributed by atoms with E-state index in [1.54, 1.807) is 9.80 Å². The number of ether oxygens (including phenoxy) is 2. The van der Waals surface area contributed by atoms with Crippen molar-refractivity contribution in [2.45, 2.75) is 32.4 Å². The summed E-state index contributed by atoms with van der Waals surface area (Å²) in [6.45, 7) is 6.60. The zero-order valence-electron chi connectivity index (χ0n) is 14.7. The summed E-state index contributed by atoms with van der Waals surface area (Å²) in [5.41, 5.74) is 0.398. The molecule has 0 radical (unpaired) electrons. The molecule has 1 atom stereocenters. The van der Waals surface area contributed by atoms with Crippen molar-refractivity contribution in [1.29, 1.82) is 0 Å². The van der Waals surface area contributed by atoms with Crippen molar-refractivity contribution in [3.8, 4) is 0 Å². The van der Waals surface area contributed by atoms with Crippen molar-refractivity contribution in [3.63, 3.8) is 0 Å². The smallest absolute Gasteiger partial charge is 0.412 e. The SMILES string of the molecule is CCC1(C)/C(=C/C(=O)N2CCOCC2)OC(=O)N1Cc1ccccc1. The molecule has 6 nitrogen and oxygen atoms in total. The number of cyclic esters (lactones) is 1. The molecule has 1 aromatic rings. The lowest BCUT2D eigenvalue weighted by molar-refractivity contribution is -0.130. The number of hydrogen-bond donors (Lipinski definition) is 0. The summed E-state index contributed by atoms with van der Waals surface area (Å²) in [5, 5.41) is 0. The second-order valence-corrected chi connectivity index (χ2v) is 6.51. The number of hydrogen-bond acceptors (Lipinski definition) is 4. The molecule has 2 fully saturated rings. The second kappa shape index (κ2) is 7.27. The van der Waals surface area contributed by atoms with Gasteiger partial charge in [0, 0.05) is 19.2 Å². The Morgan fingerprint density at radius 1 is 1.24 bits per heavy atom. The van der Waals surface area contributed by atoms with Gasteiger partial charge < -0.3 is 14.4 Å². The molecule has 2 aliphatic heterocycles. The molecule has 0 saturated carbocycles. The van der Waals surface area contributed by atoms with Crippen LogP contribution in [0.1, 0.15) is 25.8 Å². The van der Waals surface area contributed by atoms with E-state index in [0.29, 0.717) is 45.0 Å². The Morgan fingerprint density at radius 2 is 1.92 bits per heavy atom. The van der Waals surface area contributed by atoms with Crippen molar-refractivity contribution < 1.29 is 19.1 Å². The van der Waals surface area contributed by atoms with Gasteiger partial charge in [0.1, 0.15) is 11.3 Å². The van der Waals surface area contributed by atoms with Crippen LogP contribution in [0.15, 0.2) is 42.2 Å².